The lowest BCUT2D eigenvalue weighted by Gasteiger charge is -2.33. The standard InChI is InChI=1S/C18H20N8O.C15H18N6/c1-19-17-23-22-16-15(20-8-11-25(16)17)24-9-6-12(7-10-24)26-14-5-3-2-4-13(14)21-18(26)27;1-11-4-3-5-12(10-11)6-7-17-13-14-19-20-15(16-2)21(14)9-8-18-13/h2-5,8,11-12H,6-7,9-10H2,1H3,(H,19,23)(H,21,27);3-5,8-10H,6-7H2,1-2H3,(H,16,20)(H,17,18). The fraction of sp³-hybridized carbons (Fsp3) is 0.303. The molecule has 6 heterocycles. The number of piperidine rings is 1. The van der Waals surface area contributed by atoms with E-state index in [2.05, 4.69) is 87.4 Å². The summed E-state index contributed by atoms with van der Waals surface area (Å²) >= 11 is 0. The van der Waals surface area contributed by atoms with Gasteiger partial charge in [0.15, 0.2) is 11.6 Å². The molecule has 0 spiro atoms. The first kappa shape index (κ1) is 30.7. The van der Waals surface area contributed by atoms with E-state index in [0.717, 1.165) is 72.9 Å². The predicted molar refractivity (Wildman–Crippen MR) is 187 cm³/mol. The summed E-state index contributed by atoms with van der Waals surface area (Å²) in [5.74, 6) is 2.97. The minimum Gasteiger partial charge on any atom is -0.367 e. The average molecular weight is 647 g/mol. The Hall–Kier alpha value is -5.99. The van der Waals surface area contributed by atoms with Crippen LogP contribution in [-0.2, 0) is 6.42 Å². The maximum absolute atomic E-state index is 12.5. The van der Waals surface area contributed by atoms with Crippen molar-refractivity contribution in [1.82, 2.24) is 48.7 Å². The van der Waals surface area contributed by atoms with Gasteiger partial charge in [-0.2, -0.15) is 0 Å². The van der Waals surface area contributed by atoms with Crippen LogP contribution < -0.4 is 26.5 Å². The molecular formula is C33H38N14O. The third-order valence-corrected chi connectivity index (χ3v) is 8.62. The first-order valence-electron chi connectivity index (χ1n) is 16.0. The van der Waals surface area contributed by atoms with Crippen molar-refractivity contribution in [2.45, 2.75) is 32.2 Å². The summed E-state index contributed by atoms with van der Waals surface area (Å²) < 4.78 is 5.68. The SMILES string of the molecule is CNc1nnc2c(N3CCC(n4c(=O)[nH]c5ccccc54)CC3)nccn12.CNc1nnc2c(NCCc3cccc(C)c3)nccn12. The van der Waals surface area contributed by atoms with Crippen molar-refractivity contribution in [3.05, 3.63) is 94.9 Å². The highest BCUT2D eigenvalue weighted by atomic mass is 16.1. The Morgan fingerprint density at radius 2 is 1.56 bits per heavy atom. The number of rotatable bonds is 8. The molecule has 7 aromatic rings. The van der Waals surface area contributed by atoms with Crippen molar-refractivity contribution in [3.8, 4) is 0 Å². The Kier molecular flexibility index (Phi) is 8.55. The molecule has 0 unspecified atom stereocenters. The maximum Gasteiger partial charge on any atom is 0.326 e. The Labute approximate surface area is 276 Å². The third-order valence-electron chi connectivity index (χ3n) is 8.62. The normalized spacial score (nSPS) is 13.5. The Balaban J connectivity index is 0.000000157. The van der Waals surface area contributed by atoms with Crippen LogP contribution in [0.3, 0.4) is 0 Å². The summed E-state index contributed by atoms with van der Waals surface area (Å²) in [6.07, 6.45) is 9.89. The molecule has 1 saturated heterocycles. The molecule has 15 heteroatoms. The highest BCUT2D eigenvalue weighted by Crippen LogP contribution is 2.29. The van der Waals surface area contributed by atoms with Gasteiger partial charge in [0.1, 0.15) is 0 Å². The fourth-order valence-electron chi connectivity index (χ4n) is 6.29. The van der Waals surface area contributed by atoms with Gasteiger partial charge in [0.2, 0.25) is 23.2 Å². The molecule has 5 aromatic heterocycles. The number of H-pyrrole nitrogens is 1. The molecule has 0 atom stereocenters. The van der Waals surface area contributed by atoms with Crippen molar-refractivity contribution in [1.29, 1.82) is 0 Å². The van der Waals surface area contributed by atoms with E-state index >= 15 is 0 Å². The van der Waals surface area contributed by atoms with E-state index < -0.39 is 0 Å². The van der Waals surface area contributed by atoms with Crippen molar-refractivity contribution in [3.63, 3.8) is 0 Å². The topological polar surface area (TPSA) is 163 Å². The van der Waals surface area contributed by atoms with E-state index in [4.69, 9.17) is 0 Å². The second kappa shape index (κ2) is 13.4. The van der Waals surface area contributed by atoms with Gasteiger partial charge in [0, 0.05) is 64.6 Å². The molecule has 8 rings (SSSR count). The van der Waals surface area contributed by atoms with Gasteiger partial charge in [-0.3, -0.25) is 13.4 Å². The Bertz CT molecular complexity index is 2220. The summed E-state index contributed by atoms with van der Waals surface area (Å²) in [5, 5.41) is 26.0. The molecule has 2 aromatic carbocycles. The first-order valence-corrected chi connectivity index (χ1v) is 16.0. The van der Waals surface area contributed by atoms with Gasteiger partial charge in [0.05, 0.1) is 11.0 Å². The van der Waals surface area contributed by atoms with E-state index in [1.807, 2.05) is 64.1 Å². The van der Waals surface area contributed by atoms with Crippen LogP contribution in [0.2, 0.25) is 0 Å². The van der Waals surface area contributed by atoms with Crippen LogP contribution in [0.1, 0.15) is 30.0 Å². The summed E-state index contributed by atoms with van der Waals surface area (Å²) in [6, 6.07) is 16.6. The second-order valence-corrected chi connectivity index (χ2v) is 11.7. The lowest BCUT2D eigenvalue weighted by Crippen LogP contribution is -2.37. The summed E-state index contributed by atoms with van der Waals surface area (Å²) in [7, 11) is 3.64. The first-order chi connectivity index (χ1) is 23.5. The van der Waals surface area contributed by atoms with Gasteiger partial charge in [-0.15, -0.1) is 20.4 Å². The van der Waals surface area contributed by atoms with Gasteiger partial charge in [-0.25, -0.2) is 14.8 Å². The number of aryl methyl sites for hydroxylation is 1. The highest BCUT2D eigenvalue weighted by molar-refractivity contribution is 5.75. The third kappa shape index (κ3) is 5.97. The average Bonchev–Trinajstić information content (AvgIpc) is 3.83. The van der Waals surface area contributed by atoms with Gasteiger partial charge >= 0.3 is 5.69 Å². The molecule has 0 bridgehead atoms. The second-order valence-electron chi connectivity index (χ2n) is 11.7. The van der Waals surface area contributed by atoms with Gasteiger partial charge in [0.25, 0.3) is 0 Å². The van der Waals surface area contributed by atoms with Gasteiger partial charge in [-0.1, -0.05) is 42.0 Å². The fourth-order valence-corrected chi connectivity index (χ4v) is 6.29. The lowest BCUT2D eigenvalue weighted by atomic mass is 10.0. The van der Waals surface area contributed by atoms with E-state index in [1.54, 1.807) is 12.4 Å². The van der Waals surface area contributed by atoms with E-state index in [-0.39, 0.29) is 11.7 Å². The van der Waals surface area contributed by atoms with Crippen LogP contribution in [0.15, 0.2) is 78.1 Å². The molecule has 0 radical (unpaired) electrons. The summed E-state index contributed by atoms with van der Waals surface area (Å²) in [4.78, 5) is 26.5. The van der Waals surface area contributed by atoms with E-state index in [1.165, 1.54) is 11.1 Å². The predicted octanol–water partition coefficient (Wildman–Crippen LogP) is 3.78. The van der Waals surface area contributed by atoms with Crippen molar-refractivity contribution < 1.29 is 0 Å². The zero-order valence-corrected chi connectivity index (χ0v) is 27.1. The van der Waals surface area contributed by atoms with Crippen molar-refractivity contribution >= 4 is 45.9 Å². The van der Waals surface area contributed by atoms with Crippen LogP contribution in [0.4, 0.5) is 23.5 Å². The van der Waals surface area contributed by atoms with Crippen LogP contribution in [0.5, 0.6) is 0 Å². The van der Waals surface area contributed by atoms with Crippen LogP contribution in [-0.4, -0.2) is 82.4 Å². The lowest BCUT2D eigenvalue weighted by molar-refractivity contribution is 0.395. The van der Waals surface area contributed by atoms with Gasteiger partial charge < -0.3 is 25.8 Å². The molecule has 1 aliphatic rings. The van der Waals surface area contributed by atoms with E-state index in [0.29, 0.717) is 11.9 Å². The number of hydrogen-bond acceptors (Lipinski definition) is 11. The smallest absolute Gasteiger partial charge is 0.326 e. The molecule has 15 nitrogen and oxygen atoms in total. The van der Waals surface area contributed by atoms with Crippen molar-refractivity contribution in [2.75, 3.05) is 54.6 Å². The van der Waals surface area contributed by atoms with E-state index in [9.17, 15) is 4.79 Å². The zero-order chi connectivity index (χ0) is 33.0. The number of aromatic amines is 1. The Morgan fingerprint density at radius 3 is 2.31 bits per heavy atom. The number of aromatic nitrogens is 10. The number of nitrogens with one attached hydrogen (secondary N) is 4. The van der Waals surface area contributed by atoms with Crippen LogP contribution in [0.25, 0.3) is 22.3 Å². The largest absolute Gasteiger partial charge is 0.367 e. The number of para-hydroxylation sites is 2. The van der Waals surface area contributed by atoms with Crippen molar-refractivity contribution in [2.24, 2.45) is 0 Å². The zero-order valence-electron chi connectivity index (χ0n) is 27.1. The molecule has 0 aliphatic carbocycles. The molecule has 1 fully saturated rings. The number of anilines is 4. The minimum absolute atomic E-state index is 0.0361. The summed E-state index contributed by atoms with van der Waals surface area (Å²) in [6.45, 7) is 4.53. The molecular weight excluding hydrogens is 608 g/mol. The quantitative estimate of drug-likeness (QED) is 0.190. The maximum atomic E-state index is 12.5. The molecule has 48 heavy (non-hydrogen) atoms. The number of nitrogens with zero attached hydrogens (tertiary/aromatic N) is 10. The molecule has 1 aliphatic heterocycles. The highest BCUT2D eigenvalue weighted by Gasteiger charge is 2.26. The molecule has 0 saturated carbocycles. The molecule has 246 valence electrons. The number of hydrogen-bond donors (Lipinski definition) is 4. The van der Waals surface area contributed by atoms with Crippen LogP contribution >= 0.6 is 0 Å². The number of benzene rings is 2. The molecule has 4 N–H and O–H groups in total. The number of imidazole rings is 1. The number of fused-ring (bicyclic) bond motifs is 3. The van der Waals surface area contributed by atoms with Gasteiger partial charge in [-0.05, 0) is 43.9 Å². The molecule has 0 amide bonds. The summed E-state index contributed by atoms with van der Waals surface area (Å²) in [5.41, 5.74) is 5.88. The van der Waals surface area contributed by atoms with Crippen LogP contribution in [0, 0.1) is 6.92 Å². The minimum atomic E-state index is -0.0361. The monoisotopic (exact) mass is 646 g/mol. The Morgan fingerprint density at radius 1 is 0.854 bits per heavy atom.